The highest BCUT2D eigenvalue weighted by molar-refractivity contribution is 7.92. The van der Waals surface area contributed by atoms with Gasteiger partial charge in [-0.15, -0.1) is 13.2 Å². The number of ether oxygens (including phenoxy) is 1. The van der Waals surface area contributed by atoms with Gasteiger partial charge in [0.2, 0.25) is 0 Å². The van der Waals surface area contributed by atoms with E-state index in [4.69, 9.17) is 0 Å². The molecule has 0 bridgehead atoms. The van der Waals surface area contributed by atoms with Gasteiger partial charge in [0, 0.05) is 5.56 Å². The van der Waals surface area contributed by atoms with Gasteiger partial charge in [-0.3, -0.25) is 4.31 Å². The number of benzene rings is 2. The van der Waals surface area contributed by atoms with E-state index in [1.165, 1.54) is 6.07 Å². The largest absolute Gasteiger partial charge is 0.573 e. The molecular formula is C22H17F6N3O3S. The number of hydrogen-bond acceptors (Lipinski definition) is 5. The monoisotopic (exact) mass is 517 g/mol. The minimum Gasteiger partial charge on any atom is -0.406 e. The Morgan fingerprint density at radius 1 is 1.00 bits per heavy atom. The lowest BCUT2D eigenvalue weighted by atomic mass is 10.1. The van der Waals surface area contributed by atoms with Crippen LogP contribution in [0.15, 0.2) is 59.5 Å². The zero-order chi connectivity index (χ0) is 25.6. The number of anilines is 3. The van der Waals surface area contributed by atoms with E-state index in [2.05, 4.69) is 15.0 Å². The summed E-state index contributed by atoms with van der Waals surface area (Å²) in [6.45, 7) is 1.48. The van der Waals surface area contributed by atoms with Crippen molar-refractivity contribution in [1.82, 2.24) is 4.98 Å². The molecule has 35 heavy (non-hydrogen) atoms. The molecule has 4 rings (SSSR count). The number of sulfonamides is 1. The Bertz CT molecular complexity index is 1360. The molecule has 13 heteroatoms. The summed E-state index contributed by atoms with van der Waals surface area (Å²) in [5.74, 6) is -0.756. The molecule has 1 N–H and O–H groups in total. The molecule has 1 aromatic heterocycles. The summed E-state index contributed by atoms with van der Waals surface area (Å²) in [7, 11) is -4.36. The van der Waals surface area contributed by atoms with Gasteiger partial charge in [0.05, 0.1) is 22.8 Å². The zero-order valence-electron chi connectivity index (χ0n) is 17.9. The Labute approximate surface area is 196 Å². The quantitative estimate of drug-likeness (QED) is 0.429. The zero-order valence-corrected chi connectivity index (χ0v) is 18.7. The maximum atomic E-state index is 13.6. The molecule has 1 aliphatic heterocycles. The fourth-order valence-electron chi connectivity index (χ4n) is 3.51. The summed E-state index contributed by atoms with van der Waals surface area (Å²) in [6, 6.07) is 10.4. The first-order valence-corrected chi connectivity index (χ1v) is 11.6. The predicted molar refractivity (Wildman–Crippen MR) is 115 cm³/mol. The van der Waals surface area contributed by atoms with Crippen molar-refractivity contribution >= 4 is 27.2 Å². The van der Waals surface area contributed by atoms with Gasteiger partial charge in [-0.1, -0.05) is 19.1 Å². The molecule has 2 aromatic carbocycles. The number of pyridine rings is 1. The summed E-state index contributed by atoms with van der Waals surface area (Å²) < 4.78 is 109. The lowest BCUT2D eigenvalue weighted by molar-refractivity contribution is -0.274. The summed E-state index contributed by atoms with van der Waals surface area (Å²) in [5, 5.41) is 2.79. The normalized spacial score (nSPS) is 14.0. The molecule has 0 spiro atoms. The van der Waals surface area contributed by atoms with E-state index in [1.807, 2.05) is 6.92 Å². The Morgan fingerprint density at radius 2 is 1.69 bits per heavy atom. The number of aromatic nitrogens is 1. The van der Waals surface area contributed by atoms with Gasteiger partial charge in [0.25, 0.3) is 10.0 Å². The fraction of sp³-hybridized carbons (Fsp3) is 0.227. The molecule has 3 aromatic rings. The molecule has 6 nitrogen and oxygen atoms in total. The van der Waals surface area contributed by atoms with Crippen molar-refractivity contribution in [1.29, 1.82) is 0 Å². The van der Waals surface area contributed by atoms with Crippen LogP contribution in [-0.2, 0) is 29.2 Å². The van der Waals surface area contributed by atoms with Crippen LogP contribution >= 0.6 is 0 Å². The van der Waals surface area contributed by atoms with E-state index in [9.17, 15) is 34.8 Å². The first-order valence-electron chi connectivity index (χ1n) is 10.1. The van der Waals surface area contributed by atoms with Gasteiger partial charge >= 0.3 is 12.5 Å². The Balaban J connectivity index is 1.81. The molecule has 186 valence electrons. The standard InChI is InChI=1S/C22H17F6N3O3S/c1-2-13-3-9-17-18(11-13)31(12-14-4-10-19(21(23,24)25)30-20(14)29-17)35(32,33)16-7-5-15(6-8-16)34-22(26,27)28/h3-11H,2,12H2,1H3,(H,29,30). The summed E-state index contributed by atoms with van der Waals surface area (Å²) in [4.78, 5) is 3.31. The van der Waals surface area contributed by atoms with Gasteiger partial charge < -0.3 is 10.1 Å². The lowest BCUT2D eigenvalue weighted by Crippen LogP contribution is -2.30. The molecule has 0 saturated carbocycles. The minimum absolute atomic E-state index is 0.156. The van der Waals surface area contributed by atoms with Crippen LogP contribution in [0, 0.1) is 0 Å². The maximum absolute atomic E-state index is 13.6. The molecule has 0 amide bonds. The summed E-state index contributed by atoms with van der Waals surface area (Å²) >= 11 is 0. The highest BCUT2D eigenvalue weighted by Gasteiger charge is 2.36. The van der Waals surface area contributed by atoms with E-state index in [-0.39, 0.29) is 34.2 Å². The van der Waals surface area contributed by atoms with Crippen LogP contribution in [0.5, 0.6) is 5.75 Å². The van der Waals surface area contributed by atoms with Crippen LogP contribution in [0.4, 0.5) is 43.5 Å². The van der Waals surface area contributed by atoms with Crippen LogP contribution < -0.4 is 14.4 Å². The van der Waals surface area contributed by atoms with Gasteiger partial charge in [-0.05, 0) is 54.4 Å². The predicted octanol–water partition coefficient (Wildman–Crippen LogP) is 6.01. The summed E-state index contributed by atoms with van der Waals surface area (Å²) in [5.41, 5.74) is 0.148. The molecule has 0 aliphatic carbocycles. The topological polar surface area (TPSA) is 71.5 Å². The third-order valence-electron chi connectivity index (χ3n) is 5.22. The second-order valence-corrected chi connectivity index (χ2v) is 9.43. The number of hydrogen-bond donors (Lipinski definition) is 1. The van der Waals surface area contributed by atoms with Crippen molar-refractivity contribution in [2.45, 2.75) is 37.3 Å². The van der Waals surface area contributed by atoms with Crippen molar-refractivity contribution in [3.8, 4) is 5.75 Å². The fourth-order valence-corrected chi connectivity index (χ4v) is 4.97. The van der Waals surface area contributed by atoms with Gasteiger partial charge in [0.15, 0.2) is 0 Å². The van der Waals surface area contributed by atoms with E-state index in [1.54, 1.807) is 12.1 Å². The van der Waals surface area contributed by atoms with Crippen LogP contribution in [-0.4, -0.2) is 19.8 Å². The van der Waals surface area contributed by atoms with Crippen LogP contribution in [0.2, 0.25) is 0 Å². The first kappa shape index (κ1) is 24.6. The summed E-state index contributed by atoms with van der Waals surface area (Å²) in [6.07, 6.45) is -9.10. The SMILES string of the molecule is CCc1ccc2c(c1)N(S(=O)(=O)c1ccc(OC(F)(F)F)cc1)Cc1ccc(C(F)(F)F)nc1N2. The smallest absolute Gasteiger partial charge is 0.406 e. The maximum Gasteiger partial charge on any atom is 0.573 e. The second-order valence-electron chi connectivity index (χ2n) is 7.56. The average Bonchev–Trinajstić information content (AvgIpc) is 2.93. The van der Waals surface area contributed by atoms with Crippen molar-refractivity contribution in [2.24, 2.45) is 0 Å². The van der Waals surface area contributed by atoms with Crippen molar-refractivity contribution in [2.75, 3.05) is 9.62 Å². The van der Waals surface area contributed by atoms with Crippen molar-refractivity contribution in [3.63, 3.8) is 0 Å². The number of nitrogens with one attached hydrogen (secondary N) is 1. The number of fused-ring (bicyclic) bond motifs is 2. The van der Waals surface area contributed by atoms with Crippen molar-refractivity contribution < 1.29 is 39.5 Å². The average molecular weight is 517 g/mol. The lowest BCUT2D eigenvalue weighted by Gasteiger charge is -2.25. The molecule has 0 saturated heterocycles. The second kappa shape index (κ2) is 8.63. The van der Waals surface area contributed by atoms with E-state index in [0.717, 1.165) is 46.3 Å². The molecule has 2 heterocycles. The molecular weight excluding hydrogens is 500 g/mol. The number of aryl methyl sites for hydroxylation is 1. The molecule has 0 atom stereocenters. The number of rotatable bonds is 4. The number of halogens is 6. The van der Waals surface area contributed by atoms with Gasteiger partial charge in [0.1, 0.15) is 17.3 Å². The van der Waals surface area contributed by atoms with E-state index in [0.29, 0.717) is 6.42 Å². The highest BCUT2D eigenvalue weighted by Crippen LogP contribution is 2.40. The highest BCUT2D eigenvalue weighted by atomic mass is 32.2. The third-order valence-corrected chi connectivity index (χ3v) is 6.99. The third kappa shape index (κ3) is 5.14. The van der Waals surface area contributed by atoms with Crippen LogP contribution in [0.25, 0.3) is 0 Å². The molecule has 0 unspecified atom stereocenters. The van der Waals surface area contributed by atoms with Crippen LogP contribution in [0.1, 0.15) is 23.7 Å². The van der Waals surface area contributed by atoms with E-state index < -0.39 is 34.0 Å². The minimum atomic E-state index is -4.95. The molecule has 1 aliphatic rings. The first-order chi connectivity index (χ1) is 16.3. The number of nitrogens with zero attached hydrogens (tertiary/aromatic N) is 2. The van der Waals surface area contributed by atoms with Crippen LogP contribution in [0.3, 0.4) is 0 Å². The molecule has 0 radical (unpaired) electrons. The molecule has 0 fully saturated rings. The van der Waals surface area contributed by atoms with E-state index >= 15 is 0 Å². The van der Waals surface area contributed by atoms with Gasteiger partial charge in [-0.25, -0.2) is 13.4 Å². The Hall–Kier alpha value is -3.48. The Morgan fingerprint density at radius 3 is 2.29 bits per heavy atom. The van der Waals surface area contributed by atoms with Crippen molar-refractivity contribution in [3.05, 3.63) is 71.4 Å². The Kier molecular flexibility index (Phi) is 6.07. The number of alkyl halides is 6. The van der Waals surface area contributed by atoms with Gasteiger partial charge in [-0.2, -0.15) is 13.2 Å².